The van der Waals surface area contributed by atoms with E-state index in [0.29, 0.717) is 5.75 Å². The number of aromatic hydroxyl groups is 1. The molecule has 0 unspecified atom stereocenters. The fraction of sp³-hybridized carbons (Fsp3) is 0.368. The summed E-state index contributed by atoms with van der Waals surface area (Å²) in [6, 6.07) is 13.5. The second-order valence-electron chi connectivity index (χ2n) is 3.94. The number of hydrogen-bond donors (Lipinski definition) is 1. The molecule has 2 heteroatoms. The minimum atomic E-state index is 0.317. The Bertz CT molecular complexity index is 519. The van der Waals surface area contributed by atoms with Crippen molar-refractivity contribution in [3.05, 3.63) is 48.0 Å². The van der Waals surface area contributed by atoms with Crippen molar-refractivity contribution < 1.29 is 9.84 Å². The van der Waals surface area contributed by atoms with Gasteiger partial charge in [-0.1, -0.05) is 58.9 Å². The lowest BCUT2D eigenvalue weighted by atomic mass is 10.0. The van der Waals surface area contributed by atoms with Crippen molar-refractivity contribution in [1.29, 1.82) is 0 Å². The van der Waals surface area contributed by atoms with Crippen molar-refractivity contribution in [2.75, 3.05) is 7.11 Å². The van der Waals surface area contributed by atoms with Crippen LogP contribution in [0.3, 0.4) is 0 Å². The molecule has 21 heavy (non-hydrogen) atoms. The van der Waals surface area contributed by atoms with Crippen LogP contribution in [0.2, 0.25) is 0 Å². The number of hydrogen-bond acceptors (Lipinski definition) is 2. The molecule has 0 heterocycles. The molecule has 0 saturated carbocycles. The van der Waals surface area contributed by atoms with Gasteiger partial charge < -0.3 is 9.84 Å². The van der Waals surface area contributed by atoms with Crippen molar-refractivity contribution in [3.8, 4) is 22.6 Å². The summed E-state index contributed by atoms with van der Waals surface area (Å²) in [6.07, 6.45) is 0.923. The van der Waals surface area contributed by atoms with Crippen LogP contribution in [0.15, 0.2) is 42.5 Å². The van der Waals surface area contributed by atoms with Gasteiger partial charge in [-0.3, -0.25) is 0 Å². The second-order valence-corrected chi connectivity index (χ2v) is 3.94. The van der Waals surface area contributed by atoms with Crippen molar-refractivity contribution in [1.82, 2.24) is 0 Å². The van der Waals surface area contributed by atoms with Gasteiger partial charge in [0, 0.05) is 5.56 Å². The van der Waals surface area contributed by atoms with Gasteiger partial charge in [0.25, 0.3) is 0 Å². The molecule has 0 amide bonds. The molecule has 2 nitrogen and oxygen atoms in total. The maximum Gasteiger partial charge on any atom is 0.123 e. The Kier molecular flexibility index (Phi) is 9.78. The van der Waals surface area contributed by atoms with E-state index in [0.717, 1.165) is 28.9 Å². The summed E-state index contributed by atoms with van der Waals surface area (Å²) in [5.41, 5.74) is 2.93. The molecule has 0 atom stereocenters. The molecule has 116 valence electrons. The van der Waals surface area contributed by atoms with E-state index in [4.69, 9.17) is 4.74 Å². The van der Waals surface area contributed by atoms with E-state index in [9.17, 15) is 5.11 Å². The summed E-state index contributed by atoms with van der Waals surface area (Å²) in [6.45, 7) is 10.1. The summed E-state index contributed by atoms with van der Waals surface area (Å²) in [4.78, 5) is 0. The molecule has 0 bridgehead atoms. The van der Waals surface area contributed by atoms with Gasteiger partial charge in [0.15, 0.2) is 0 Å². The largest absolute Gasteiger partial charge is 0.507 e. The highest BCUT2D eigenvalue weighted by Crippen LogP contribution is 2.31. The zero-order valence-corrected chi connectivity index (χ0v) is 14.1. The Hall–Kier alpha value is -1.96. The molecule has 0 aromatic heterocycles. The first kappa shape index (κ1) is 19.0. The van der Waals surface area contributed by atoms with Gasteiger partial charge >= 0.3 is 0 Å². The summed E-state index contributed by atoms with van der Waals surface area (Å²) >= 11 is 0. The van der Waals surface area contributed by atoms with E-state index >= 15 is 0 Å². The highest BCUT2D eigenvalue weighted by atomic mass is 16.5. The number of phenolic OH excluding ortho intramolecular Hbond substituents is 1. The lowest BCUT2D eigenvalue weighted by molar-refractivity contribution is 0.415. The number of phenols is 1. The second kappa shape index (κ2) is 10.8. The molecule has 2 aromatic rings. The topological polar surface area (TPSA) is 29.5 Å². The Morgan fingerprint density at radius 1 is 0.952 bits per heavy atom. The van der Waals surface area contributed by atoms with Crippen LogP contribution in [0, 0.1) is 0 Å². The molecular weight excluding hydrogens is 260 g/mol. The van der Waals surface area contributed by atoms with E-state index in [1.165, 1.54) is 0 Å². The average Bonchev–Trinajstić information content (AvgIpc) is 2.58. The zero-order valence-electron chi connectivity index (χ0n) is 14.1. The van der Waals surface area contributed by atoms with Crippen LogP contribution in [-0.2, 0) is 6.42 Å². The first-order valence-corrected chi connectivity index (χ1v) is 7.71. The third kappa shape index (κ3) is 5.50. The van der Waals surface area contributed by atoms with Crippen LogP contribution in [0.5, 0.6) is 11.5 Å². The SMILES string of the molecule is CC.CC.CCc1ccc(-c2cccc(OC)c2)c(O)c1. The molecule has 0 aliphatic carbocycles. The van der Waals surface area contributed by atoms with Gasteiger partial charge in [0.2, 0.25) is 0 Å². The predicted molar refractivity (Wildman–Crippen MR) is 92.2 cm³/mol. The number of aryl methyl sites for hydroxylation is 1. The van der Waals surface area contributed by atoms with Gasteiger partial charge in [0.1, 0.15) is 11.5 Å². The van der Waals surface area contributed by atoms with Crippen molar-refractivity contribution >= 4 is 0 Å². The van der Waals surface area contributed by atoms with E-state index in [2.05, 4.69) is 6.92 Å². The average molecular weight is 288 g/mol. The van der Waals surface area contributed by atoms with Gasteiger partial charge in [-0.05, 0) is 35.7 Å². The summed E-state index contributed by atoms with van der Waals surface area (Å²) in [7, 11) is 1.64. The molecule has 1 N–H and O–H groups in total. The van der Waals surface area contributed by atoms with Crippen LogP contribution < -0.4 is 4.74 Å². The molecule has 0 radical (unpaired) electrons. The molecule has 2 rings (SSSR count). The molecule has 0 aliphatic heterocycles. The lowest BCUT2D eigenvalue weighted by Gasteiger charge is -2.08. The highest BCUT2D eigenvalue weighted by molar-refractivity contribution is 5.71. The van der Waals surface area contributed by atoms with E-state index in [1.54, 1.807) is 7.11 Å². The molecule has 0 saturated heterocycles. The third-order valence-electron chi connectivity index (χ3n) is 2.85. The Balaban J connectivity index is 0.000000921. The van der Waals surface area contributed by atoms with Crippen molar-refractivity contribution in [2.24, 2.45) is 0 Å². The number of benzene rings is 2. The number of ether oxygens (including phenoxy) is 1. The monoisotopic (exact) mass is 288 g/mol. The van der Waals surface area contributed by atoms with E-state index < -0.39 is 0 Å². The highest BCUT2D eigenvalue weighted by Gasteiger charge is 2.05. The van der Waals surface area contributed by atoms with Crippen LogP contribution in [0.25, 0.3) is 11.1 Å². The first-order valence-electron chi connectivity index (χ1n) is 7.71. The maximum atomic E-state index is 10.00. The van der Waals surface area contributed by atoms with Crippen molar-refractivity contribution in [2.45, 2.75) is 41.0 Å². The third-order valence-corrected chi connectivity index (χ3v) is 2.85. The normalized spacial score (nSPS) is 8.86. The molecule has 0 fully saturated rings. The first-order chi connectivity index (χ1) is 10.2. The van der Waals surface area contributed by atoms with Gasteiger partial charge in [-0.15, -0.1) is 0 Å². The fourth-order valence-electron chi connectivity index (χ4n) is 1.83. The standard InChI is InChI=1S/C15H16O2.2C2H6/c1-3-11-7-8-14(15(16)9-11)12-5-4-6-13(10-12)17-2;2*1-2/h4-10,16H,3H2,1-2H3;2*1-2H3. The van der Waals surface area contributed by atoms with Gasteiger partial charge in [-0.2, -0.15) is 0 Å². The van der Waals surface area contributed by atoms with E-state index in [1.807, 2.05) is 70.2 Å². The predicted octanol–water partition coefficient (Wildman–Crippen LogP) is 5.68. The van der Waals surface area contributed by atoms with Crippen LogP contribution >= 0.6 is 0 Å². The van der Waals surface area contributed by atoms with Crippen LogP contribution in [0.1, 0.15) is 40.2 Å². The molecular formula is C19H28O2. The molecule has 0 aliphatic rings. The minimum absolute atomic E-state index is 0.317. The lowest BCUT2D eigenvalue weighted by Crippen LogP contribution is -1.86. The smallest absolute Gasteiger partial charge is 0.123 e. The Morgan fingerprint density at radius 3 is 2.14 bits per heavy atom. The van der Waals surface area contributed by atoms with Crippen LogP contribution in [0.4, 0.5) is 0 Å². The van der Waals surface area contributed by atoms with E-state index in [-0.39, 0.29) is 0 Å². The summed E-state index contributed by atoms with van der Waals surface area (Å²) < 4.78 is 5.18. The fourth-order valence-corrected chi connectivity index (χ4v) is 1.83. The summed E-state index contributed by atoms with van der Waals surface area (Å²) in [5.74, 6) is 1.11. The maximum absolute atomic E-state index is 10.00. The van der Waals surface area contributed by atoms with Gasteiger partial charge in [0.05, 0.1) is 7.11 Å². The Morgan fingerprint density at radius 2 is 1.62 bits per heavy atom. The van der Waals surface area contributed by atoms with Gasteiger partial charge in [-0.25, -0.2) is 0 Å². The Labute approximate surface area is 129 Å². The summed E-state index contributed by atoms with van der Waals surface area (Å²) in [5, 5.41) is 10.00. The van der Waals surface area contributed by atoms with Crippen LogP contribution in [-0.4, -0.2) is 12.2 Å². The number of methoxy groups -OCH3 is 1. The number of rotatable bonds is 3. The quantitative estimate of drug-likeness (QED) is 0.787. The minimum Gasteiger partial charge on any atom is -0.507 e. The zero-order chi connectivity index (χ0) is 16.3. The van der Waals surface area contributed by atoms with Crippen molar-refractivity contribution in [3.63, 3.8) is 0 Å². The molecule has 2 aromatic carbocycles. The molecule has 0 spiro atoms.